The summed E-state index contributed by atoms with van der Waals surface area (Å²) >= 11 is 0. The first-order valence-electron chi connectivity index (χ1n) is 11.6. The Morgan fingerprint density at radius 1 is 0.971 bits per heavy atom. The SMILES string of the molecule is Cc1cc(C)c(S(=O)(=O)N2CCCC2C(=O)N2CCC(Oc3ccc(F)cc3F)CC2)c(C)c1. The van der Waals surface area contributed by atoms with Crippen molar-refractivity contribution in [3.8, 4) is 5.75 Å². The smallest absolute Gasteiger partial charge is 0.244 e. The Hall–Kier alpha value is -2.52. The lowest BCUT2D eigenvalue weighted by Crippen LogP contribution is -2.51. The first-order valence-corrected chi connectivity index (χ1v) is 13.0. The molecule has 2 fully saturated rings. The highest BCUT2D eigenvalue weighted by Gasteiger charge is 2.42. The molecule has 2 aliphatic heterocycles. The summed E-state index contributed by atoms with van der Waals surface area (Å²) in [5.41, 5.74) is 2.36. The maximum atomic E-state index is 13.9. The van der Waals surface area contributed by atoms with Crippen molar-refractivity contribution in [3.05, 3.63) is 58.7 Å². The van der Waals surface area contributed by atoms with E-state index >= 15 is 0 Å². The van der Waals surface area contributed by atoms with Crippen LogP contribution in [0.3, 0.4) is 0 Å². The normalized spacial score (nSPS) is 20.0. The highest BCUT2D eigenvalue weighted by Crippen LogP contribution is 2.32. The molecule has 0 N–H and O–H groups in total. The molecule has 1 unspecified atom stereocenters. The van der Waals surface area contributed by atoms with E-state index in [1.807, 2.05) is 19.1 Å². The summed E-state index contributed by atoms with van der Waals surface area (Å²) in [5, 5.41) is 0. The van der Waals surface area contributed by atoms with Gasteiger partial charge in [-0.3, -0.25) is 4.79 Å². The number of carbonyl (C=O) groups is 1. The van der Waals surface area contributed by atoms with E-state index < -0.39 is 27.7 Å². The van der Waals surface area contributed by atoms with Gasteiger partial charge in [-0.25, -0.2) is 17.2 Å². The number of likely N-dealkylation sites (tertiary alicyclic amines) is 1. The lowest BCUT2D eigenvalue weighted by Gasteiger charge is -2.35. The minimum Gasteiger partial charge on any atom is -0.487 e. The molecule has 1 amide bonds. The van der Waals surface area contributed by atoms with E-state index in [4.69, 9.17) is 4.74 Å². The summed E-state index contributed by atoms with van der Waals surface area (Å²) in [7, 11) is -3.82. The molecule has 0 aliphatic carbocycles. The average molecular weight is 493 g/mol. The Morgan fingerprint density at radius 2 is 1.62 bits per heavy atom. The largest absolute Gasteiger partial charge is 0.487 e. The highest BCUT2D eigenvalue weighted by atomic mass is 32.2. The quantitative estimate of drug-likeness (QED) is 0.630. The van der Waals surface area contributed by atoms with Crippen molar-refractivity contribution in [2.24, 2.45) is 0 Å². The van der Waals surface area contributed by atoms with Crippen molar-refractivity contribution in [1.82, 2.24) is 9.21 Å². The molecule has 2 aliphatic rings. The fourth-order valence-corrected chi connectivity index (χ4v) is 7.19. The second-order valence-electron chi connectivity index (χ2n) is 9.22. The van der Waals surface area contributed by atoms with Crippen molar-refractivity contribution in [2.75, 3.05) is 19.6 Å². The molecule has 2 heterocycles. The Bertz CT molecular complexity index is 1170. The second kappa shape index (κ2) is 9.62. The van der Waals surface area contributed by atoms with E-state index in [-0.39, 0.29) is 22.7 Å². The number of nitrogens with zero attached hydrogens (tertiary/aromatic N) is 2. The fourth-order valence-electron chi connectivity index (χ4n) is 5.12. The van der Waals surface area contributed by atoms with Crippen LogP contribution in [0.2, 0.25) is 0 Å². The van der Waals surface area contributed by atoms with Crippen LogP contribution in [0.5, 0.6) is 5.75 Å². The average Bonchev–Trinajstić information content (AvgIpc) is 3.26. The van der Waals surface area contributed by atoms with Crippen LogP contribution < -0.4 is 4.74 Å². The van der Waals surface area contributed by atoms with Gasteiger partial charge in [0.05, 0.1) is 4.90 Å². The molecule has 4 rings (SSSR count). The van der Waals surface area contributed by atoms with E-state index in [0.29, 0.717) is 56.4 Å². The lowest BCUT2D eigenvalue weighted by molar-refractivity contribution is -0.136. The van der Waals surface area contributed by atoms with Crippen LogP contribution in [0, 0.1) is 32.4 Å². The zero-order chi connectivity index (χ0) is 24.6. The van der Waals surface area contributed by atoms with Gasteiger partial charge >= 0.3 is 0 Å². The van der Waals surface area contributed by atoms with E-state index in [1.54, 1.807) is 18.7 Å². The van der Waals surface area contributed by atoms with Crippen LogP contribution in [0.1, 0.15) is 42.4 Å². The number of rotatable bonds is 5. The van der Waals surface area contributed by atoms with Crippen molar-refractivity contribution < 1.29 is 26.7 Å². The lowest BCUT2D eigenvalue weighted by atomic mass is 10.1. The third-order valence-corrected chi connectivity index (χ3v) is 8.82. The van der Waals surface area contributed by atoms with Gasteiger partial charge < -0.3 is 9.64 Å². The van der Waals surface area contributed by atoms with Crippen LogP contribution in [-0.4, -0.2) is 55.3 Å². The number of aryl methyl sites for hydroxylation is 3. The minimum atomic E-state index is -3.82. The zero-order valence-electron chi connectivity index (χ0n) is 19.7. The number of carbonyl (C=O) groups excluding carboxylic acids is 1. The number of hydrogen-bond acceptors (Lipinski definition) is 4. The molecule has 0 spiro atoms. The minimum absolute atomic E-state index is 0.0110. The summed E-state index contributed by atoms with van der Waals surface area (Å²) in [6.45, 7) is 6.59. The number of piperidine rings is 1. The number of amides is 1. The summed E-state index contributed by atoms with van der Waals surface area (Å²) in [5.74, 6) is -1.64. The molecular formula is C25H30F2N2O4S. The van der Waals surface area contributed by atoms with Gasteiger partial charge in [0, 0.05) is 38.5 Å². The second-order valence-corrected chi connectivity index (χ2v) is 11.0. The molecule has 6 nitrogen and oxygen atoms in total. The standard InChI is InChI=1S/C25H30F2N2O4S/c1-16-13-17(2)24(18(3)14-16)34(31,32)29-10-4-5-22(29)25(30)28-11-8-20(9-12-28)33-23-7-6-19(26)15-21(23)27/h6-7,13-15,20,22H,4-5,8-12H2,1-3H3. The molecule has 2 saturated heterocycles. The van der Waals surface area contributed by atoms with Gasteiger partial charge in [0.2, 0.25) is 15.9 Å². The maximum absolute atomic E-state index is 13.9. The van der Waals surface area contributed by atoms with Crippen molar-refractivity contribution in [2.45, 2.75) is 63.5 Å². The predicted molar refractivity (Wildman–Crippen MR) is 124 cm³/mol. The highest BCUT2D eigenvalue weighted by molar-refractivity contribution is 7.89. The first kappa shape index (κ1) is 24.6. The molecule has 0 saturated carbocycles. The Kier molecular flexibility index (Phi) is 6.96. The topological polar surface area (TPSA) is 66.9 Å². The third-order valence-electron chi connectivity index (χ3n) is 6.60. The van der Waals surface area contributed by atoms with Crippen LogP contribution >= 0.6 is 0 Å². The molecule has 2 aromatic rings. The molecule has 0 radical (unpaired) electrons. The van der Waals surface area contributed by atoms with Crippen LogP contribution in [-0.2, 0) is 14.8 Å². The third kappa shape index (κ3) is 4.81. The van der Waals surface area contributed by atoms with E-state index in [1.165, 1.54) is 10.4 Å². The molecule has 184 valence electrons. The Labute approximate surface area is 199 Å². The first-order chi connectivity index (χ1) is 16.1. The number of halogens is 2. The summed E-state index contributed by atoms with van der Waals surface area (Å²) in [6.07, 6.45) is 1.78. The van der Waals surface area contributed by atoms with Gasteiger partial charge in [-0.1, -0.05) is 17.7 Å². The van der Waals surface area contributed by atoms with Crippen molar-refractivity contribution in [3.63, 3.8) is 0 Å². The maximum Gasteiger partial charge on any atom is 0.244 e. The predicted octanol–water partition coefficient (Wildman–Crippen LogP) is 4.11. The number of sulfonamides is 1. The molecule has 34 heavy (non-hydrogen) atoms. The Balaban J connectivity index is 1.44. The summed E-state index contributed by atoms with van der Waals surface area (Å²) in [4.78, 5) is 15.3. The van der Waals surface area contributed by atoms with Crippen LogP contribution in [0.4, 0.5) is 8.78 Å². The fraction of sp³-hybridized carbons (Fsp3) is 0.480. The van der Waals surface area contributed by atoms with Crippen LogP contribution in [0.25, 0.3) is 0 Å². The van der Waals surface area contributed by atoms with Gasteiger partial charge in [0.15, 0.2) is 11.6 Å². The molecular weight excluding hydrogens is 462 g/mol. The molecule has 9 heteroatoms. The van der Waals surface area contributed by atoms with Gasteiger partial charge in [-0.15, -0.1) is 0 Å². The van der Waals surface area contributed by atoms with E-state index in [0.717, 1.165) is 17.7 Å². The zero-order valence-corrected chi connectivity index (χ0v) is 20.5. The summed E-state index contributed by atoms with van der Waals surface area (Å²) in [6, 6.07) is 6.16. The van der Waals surface area contributed by atoms with Crippen molar-refractivity contribution >= 4 is 15.9 Å². The monoisotopic (exact) mass is 492 g/mol. The van der Waals surface area contributed by atoms with Crippen molar-refractivity contribution in [1.29, 1.82) is 0 Å². The molecule has 0 aromatic heterocycles. The molecule has 1 atom stereocenters. The van der Waals surface area contributed by atoms with Gasteiger partial charge in [-0.2, -0.15) is 4.31 Å². The van der Waals surface area contributed by atoms with E-state index in [2.05, 4.69) is 0 Å². The number of benzene rings is 2. The Morgan fingerprint density at radius 3 is 2.24 bits per heavy atom. The molecule has 0 bridgehead atoms. The molecule has 2 aromatic carbocycles. The van der Waals surface area contributed by atoms with E-state index in [9.17, 15) is 22.0 Å². The number of ether oxygens (including phenoxy) is 1. The van der Waals surface area contributed by atoms with Gasteiger partial charge in [-0.05, 0) is 56.9 Å². The van der Waals surface area contributed by atoms with Crippen LogP contribution in [0.15, 0.2) is 35.2 Å². The van der Waals surface area contributed by atoms with Gasteiger partial charge in [0.25, 0.3) is 0 Å². The van der Waals surface area contributed by atoms with Gasteiger partial charge in [0.1, 0.15) is 18.0 Å². The summed E-state index contributed by atoms with van der Waals surface area (Å²) < 4.78 is 61.2. The number of hydrogen-bond donors (Lipinski definition) is 0.